The standard InChI is InChI=1S/C14H22N2OS/c1-3-4-9-18-10-12-5-7-13(8-6-12)11(2)14(17)16-15/h5-8,11H,3-4,9-10,15H2,1-2H3,(H,16,17). The van der Waals surface area contributed by atoms with Gasteiger partial charge in [0.25, 0.3) is 0 Å². The van der Waals surface area contributed by atoms with Crippen molar-refractivity contribution >= 4 is 17.7 Å². The van der Waals surface area contributed by atoms with Crippen LogP contribution in [0.25, 0.3) is 0 Å². The molecule has 0 aliphatic rings. The number of thioether (sulfide) groups is 1. The van der Waals surface area contributed by atoms with Crippen molar-refractivity contribution in [2.24, 2.45) is 5.84 Å². The van der Waals surface area contributed by atoms with E-state index >= 15 is 0 Å². The van der Waals surface area contributed by atoms with Gasteiger partial charge in [-0.05, 0) is 30.2 Å². The molecule has 0 aliphatic carbocycles. The van der Waals surface area contributed by atoms with Crippen molar-refractivity contribution in [3.8, 4) is 0 Å². The second kappa shape index (κ2) is 8.16. The van der Waals surface area contributed by atoms with Crippen LogP contribution in [-0.4, -0.2) is 11.7 Å². The highest BCUT2D eigenvalue weighted by atomic mass is 32.2. The highest BCUT2D eigenvalue weighted by Gasteiger charge is 2.13. The third-order valence-electron chi connectivity index (χ3n) is 2.93. The first-order valence-corrected chi connectivity index (χ1v) is 7.51. The smallest absolute Gasteiger partial charge is 0.241 e. The highest BCUT2D eigenvalue weighted by Crippen LogP contribution is 2.19. The molecule has 0 aliphatic heterocycles. The number of hydrogen-bond acceptors (Lipinski definition) is 3. The zero-order valence-electron chi connectivity index (χ0n) is 11.1. The number of carbonyl (C=O) groups excluding carboxylic acids is 1. The molecule has 1 atom stereocenters. The molecule has 3 N–H and O–H groups in total. The minimum Gasteiger partial charge on any atom is -0.294 e. The molecule has 1 rings (SSSR count). The van der Waals surface area contributed by atoms with Crippen LogP contribution in [0.3, 0.4) is 0 Å². The van der Waals surface area contributed by atoms with Crippen LogP contribution in [0.5, 0.6) is 0 Å². The van der Waals surface area contributed by atoms with E-state index in [0.29, 0.717) is 0 Å². The summed E-state index contributed by atoms with van der Waals surface area (Å²) in [5.41, 5.74) is 4.49. The maximum Gasteiger partial charge on any atom is 0.241 e. The molecule has 1 aromatic rings. The van der Waals surface area contributed by atoms with Crippen molar-refractivity contribution < 1.29 is 4.79 Å². The van der Waals surface area contributed by atoms with Crippen LogP contribution in [0.2, 0.25) is 0 Å². The van der Waals surface area contributed by atoms with Gasteiger partial charge in [0, 0.05) is 5.75 Å². The van der Waals surface area contributed by atoms with Crippen LogP contribution in [0, 0.1) is 0 Å². The second-order valence-electron chi connectivity index (χ2n) is 4.38. The Morgan fingerprint density at radius 1 is 1.39 bits per heavy atom. The predicted molar refractivity (Wildman–Crippen MR) is 78.3 cm³/mol. The number of nitrogens with two attached hydrogens (primary N) is 1. The van der Waals surface area contributed by atoms with Crippen LogP contribution >= 0.6 is 11.8 Å². The van der Waals surface area contributed by atoms with E-state index in [4.69, 9.17) is 5.84 Å². The third-order valence-corrected chi connectivity index (χ3v) is 4.04. The van der Waals surface area contributed by atoms with E-state index in [0.717, 1.165) is 11.3 Å². The normalized spacial score (nSPS) is 12.2. The predicted octanol–water partition coefficient (Wildman–Crippen LogP) is 2.81. The van der Waals surface area contributed by atoms with Crippen molar-refractivity contribution in [1.82, 2.24) is 5.43 Å². The molecule has 0 saturated carbocycles. The average Bonchev–Trinajstić information content (AvgIpc) is 2.42. The van der Waals surface area contributed by atoms with Gasteiger partial charge >= 0.3 is 0 Å². The Kier molecular flexibility index (Phi) is 6.83. The highest BCUT2D eigenvalue weighted by molar-refractivity contribution is 7.98. The minimum absolute atomic E-state index is 0.153. The van der Waals surface area contributed by atoms with Crippen LogP contribution in [0.1, 0.15) is 43.7 Å². The lowest BCUT2D eigenvalue weighted by Crippen LogP contribution is -2.33. The van der Waals surface area contributed by atoms with Gasteiger partial charge in [0.05, 0.1) is 5.92 Å². The largest absolute Gasteiger partial charge is 0.294 e. The van der Waals surface area contributed by atoms with E-state index in [2.05, 4.69) is 24.5 Å². The van der Waals surface area contributed by atoms with Gasteiger partial charge in [-0.2, -0.15) is 11.8 Å². The van der Waals surface area contributed by atoms with Gasteiger partial charge in [-0.15, -0.1) is 0 Å². The van der Waals surface area contributed by atoms with E-state index in [9.17, 15) is 4.79 Å². The average molecular weight is 266 g/mol. The molecule has 0 aromatic heterocycles. The molecule has 3 nitrogen and oxygen atoms in total. The second-order valence-corrected chi connectivity index (χ2v) is 5.48. The summed E-state index contributed by atoms with van der Waals surface area (Å²) in [5.74, 6) is 7.03. The fraction of sp³-hybridized carbons (Fsp3) is 0.500. The SMILES string of the molecule is CCCCSCc1ccc(C(C)C(=O)NN)cc1. The summed E-state index contributed by atoms with van der Waals surface area (Å²) in [7, 11) is 0. The fourth-order valence-electron chi connectivity index (χ4n) is 1.62. The molecule has 100 valence electrons. The molecule has 0 radical (unpaired) electrons. The van der Waals surface area contributed by atoms with Crippen LogP contribution in [0.15, 0.2) is 24.3 Å². The molecule has 0 saturated heterocycles. The first kappa shape index (κ1) is 15.1. The summed E-state index contributed by atoms with van der Waals surface area (Å²) in [6.45, 7) is 4.06. The Labute approximate surface area is 113 Å². The number of rotatable bonds is 7. The number of hydrazine groups is 1. The maximum absolute atomic E-state index is 11.4. The van der Waals surface area contributed by atoms with Gasteiger partial charge in [-0.1, -0.05) is 37.6 Å². The number of unbranched alkanes of at least 4 members (excludes halogenated alkanes) is 1. The number of carbonyl (C=O) groups is 1. The van der Waals surface area contributed by atoms with Gasteiger partial charge in [-0.25, -0.2) is 5.84 Å². The number of nitrogens with one attached hydrogen (secondary N) is 1. The van der Waals surface area contributed by atoms with Crippen LogP contribution < -0.4 is 11.3 Å². The summed E-state index contributed by atoms with van der Waals surface area (Å²) < 4.78 is 0. The minimum atomic E-state index is -0.197. The lowest BCUT2D eigenvalue weighted by molar-refractivity contribution is -0.122. The Morgan fingerprint density at radius 2 is 2.06 bits per heavy atom. The van der Waals surface area contributed by atoms with Gasteiger partial charge in [-0.3, -0.25) is 10.2 Å². The molecule has 0 bridgehead atoms. The Morgan fingerprint density at radius 3 is 2.61 bits per heavy atom. The monoisotopic (exact) mass is 266 g/mol. The fourth-order valence-corrected chi connectivity index (χ4v) is 2.68. The molecule has 0 fully saturated rings. The van der Waals surface area contributed by atoms with Crippen molar-refractivity contribution in [2.75, 3.05) is 5.75 Å². The first-order chi connectivity index (χ1) is 8.69. The first-order valence-electron chi connectivity index (χ1n) is 6.36. The topological polar surface area (TPSA) is 55.1 Å². The molecule has 4 heteroatoms. The van der Waals surface area contributed by atoms with E-state index < -0.39 is 0 Å². The molecule has 0 heterocycles. The summed E-state index contributed by atoms with van der Waals surface area (Å²) in [6.07, 6.45) is 2.52. The number of hydrogen-bond donors (Lipinski definition) is 2. The zero-order valence-corrected chi connectivity index (χ0v) is 11.9. The number of benzene rings is 1. The van der Waals surface area contributed by atoms with E-state index in [-0.39, 0.29) is 11.8 Å². The Bertz CT molecular complexity index is 365. The van der Waals surface area contributed by atoms with Gasteiger partial charge in [0.2, 0.25) is 5.91 Å². The van der Waals surface area contributed by atoms with E-state index in [1.807, 2.05) is 30.8 Å². The summed E-state index contributed by atoms with van der Waals surface area (Å²) in [6, 6.07) is 8.20. The van der Waals surface area contributed by atoms with Crippen molar-refractivity contribution in [3.05, 3.63) is 35.4 Å². The molecule has 1 unspecified atom stereocenters. The quantitative estimate of drug-likeness (QED) is 0.345. The van der Waals surface area contributed by atoms with Crippen LogP contribution in [-0.2, 0) is 10.5 Å². The Balaban J connectivity index is 2.49. The summed E-state index contributed by atoms with van der Waals surface area (Å²) in [4.78, 5) is 11.4. The Hall–Kier alpha value is -1.00. The lowest BCUT2D eigenvalue weighted by Gasteiger charge is -2.10. The third kappa shape index (κ3) is 4.70. The zero-order chi connectivity index (χ0) is 13.4. The molecule has 1 amide bonds. The molecular formula is C14H22N2OS. The van der Waals surface area contributed by atoms with Crippen LogP contribution in [0.4, 0.5) is 0 Å². The molecular weight excluding hydrogens is 244 g/mol. The van der Waals surface area contributed by atoms with Crippen molar-refractivity contribution in [2.45, 2.75) is 38.4 Å². The van der Waals surface area contributed by atoms with E-state index in [1.165, 1.54) is 24.2 Å². The molecule has 0 spiro atoms. The van der Waals surface area contributed by atoms with Crippen molar-refractivity contribution in [1.29, 1.82) is 0 Å². The number of amides is 1. The van der Waals surface area contributed by atoms with E-state index in [1.54, 1.807) is 0 Å². The molecule has 18 heavy (non-hydrogen) atoms. The summed E-state index contributed by atoms with van der Waals surface area (Å²) in [5, 5.41) is 0. The maximum atomic E-state index is 11.4. The lowest BCUT2D eigenvalue weighted by atomic mass is 9.99. The van der Waals surface area contributed by atoms with Gasteiger partial charge in [0.15, 0.2) is 0 Å². The van der Waals surface area contributed by atoms with Crippen molar-refractivity contribution in [3.63, 3.8) is 0 Å². The van der Waals surface area contributed by atoms with Gasteiger partial charge in [0.1, 0.15) is 0 Å². The van der Waals surface area contributed by atoms with Gasteiger partial charge < -0.3 is 0 Å². The molecule has 1 aromatic carbocycles. The summed E-state index contributed by atoms with van der Waals surface area (Å²) >= 11 is 1.96.